The molecule has 2 saturated heterocycles. The molecule has 2 fully saturated rings. The van der Waals surface area contributed by atoms with Crippen LogP contribution in [0.2, 0.25) is 0 Å². The van der Waals surface area contributed by atoms with E-state index in [1.165, 1.54) is 4.31 Å². The van der Waals surface area contributed by atoms with Crippen LogP contribution < -0.4 is 10.0 Å². The van der Waals surface area contributed by atoms with Gasteiger partial charge in [-0.1, -0.05) is 0 Å². The molecule has 0 aliphatic carbocycles. The SMILES string of the molecule is CCOC(=O)C1CCCN(S(=O)(=O)N[C@H]2CCCNC2)C1. The molecule has 0 saturated carbocycles. The van der Waals surface area contributed by atoms with E-state index < -0.39 is 10.2 Å². The number of nitrogens with zero attached hydrogens (tertiary/aromatic N) is 1. The van der Waals surface area contributed by atoms with Crippen molar-refractivity contribution in [1.82, 2.24) is 14.3 Å². The van der Waals surface area contributed by atoms with E-state index in [-0.39, 0.29) is 24.5 Å². The first kappa shape index (κ1) is 16.7. The summed E-state index contributed by atoms with van der Waals surface area (Å²) in [6.45, 7) is 4.36. The summed E-state index contributed by atoms with van der Waals surface area (Å²) >= 11 is 0. The maximum atomic E-state index is 12.4. The molecular weight excluding hydrogens is 294 g/mol. The lowest BCUT2D eigenvalue weighted by Crippen LogP contribution is -2.53. The lowest BCUT2D eigenvalue weighted by Gasteiger charge is -2.33. The molecular formula is C13H25N3O4S. The second kappa shape index (κ2) is 7.53. The number of nitrogens with one attached hydrogen (secondary N) is 2. The molecule has 2 atom stereocenters. The Morgan fingerprint density at radius 3 is 2.86 bits per heavy atom. The zero-order chi connectivity index (χ0) is 15.3. The minimum absolute atomic E-state index is 0.0632. The molecule has 1 unspecified atom stereocenters. The van der Waals surface area contributed by atoms with Gasteiger partial charge in [0, 0.05) is 25.7 Å². The highest BCUT2D eigenvalue weighted by Gasteiger charge is 2.34. The van der Waals surface area contributed by atoms with Gasteiger partial charge < -0.3 is 10.1 Å². The molecule has 7 nitrogen and oxygen atoms in total. The molecule has 2 rings (SSSR count). The second-order valence-electron chi connectivity index (χ2n) is 5.62. The summed E-state index contributed by atoms with van der Waals surface area (Å²) in [5.74, 6) is -0.642. The fourth-order valence-electron chi connectivity index (χ4n) is 2.85. The lowest BCUT2D eigenvalue weighted by molar-refractivity contribution is -0.149. The van der Waals surface area contributed by atoms with Crippen LogP contribution in [0.3, 0.4) is 0 Å². The number of esters is 1. The molecule has 21 heavy (non-hydrogen) atoms. The molecule has 0 spiro atoms. The van der Waals surface area contributed by atoms with Crippen molar-refractivity contribution in [2.75, 3.05) is 32.8 Å². The fraction of sp³-hybridized carbons (Fsp3) is 0.923. The van der Waals surface area contributed by atoms with Crippen LogP contribution in [-0.4, -0.2) is 57.5 Å². The summed E-state index contributed by atoms with van der Waals surface area (Å²) in [6.07, 6.45) is 3.20. The number of ether oxygens (including phenoxy) is 1. The number of carbonyl (C=O) groups excluding carboxylic acids is 1. The van der Waals surface area contributed by atoms with Crippen LogP contribution in [0.25, 0.3) is 0 Å². The third kappa shape index (κ3) is 4.64. The van der Waals surface area contributed by atoms with Gasteiger partial charge in [-0.2, -0.15) is 17.4 Å². The Morgan fingerprint density at radius 2 is 2.19 bits per heavy atom. The molecule has 0 aromatic rings. The van der Waals surface area contributed by atoms with Crippen molar-refractivity contribution in [1.29, 1.82) is 0 Å². The Balaban J connectivity index is 1.93. The van der Waals surface area contributed by atoms with Crippen molar-refractivity contribution in [2.24, 2.45) is 5.92 Å². The van der Waals surface area contributed by atoms with Crippen LogP contribution in [0.15, 0.2) is 0 Å². The zero-order valence-corrected chi connectivity index (χ0v) is 13.3. The summed E-state index contributed by atoms with van der Waals surface area (Å²) in [7, 11) is -3.53. The zero-order valence-electron chi connectivity index (χ0n) is 12.5. The van der Waals surface area contributed by atoms with Gasteiger partial charge in [0.15, 0.2) is 0 Å². The minimum atomic E-state index is -3.53. The topological polar surface area (TPSA) is 87.7 Å². The Bertz CT molecular complexity index is 448. The Kier molecular flexibility index (Phi) is 5.98. The van der Waals surface area contributed by atoms with E-state index in [1.54, 1.807) is 6.92 Å². The van der Waals surface area contributed by atoms with Gasteiger partial charge in [-0.05, 0) is 39.2 Å². The highest BCUT2D eigenvalue weighted by atomic mass is 32.2. The molecule has 0 bridgehead atoms. The van der Waals surface area contributed by atoms with E-state index in [0.717, 1.165) is 19.4 Å². The Labute approximate surface area is 126 Å². The number of carbonyl (C=O) groups is 1. The molecule has 122 valence electrons. The average Bonchev–Trinajstić information content (AvgIpc) is 2.48. The van der Waals surface area contributed by atoms with Gasteiger partial charge in [0.25, 0.3) is 10.2 Å². The van der Waals surface area contributed by atoms with Gasteiger partial charge in [0.2, 0.25) is 0 Å². The van der Waals surface area contributed by atoms with Crippen molar-refractivity contribution < 1.29 is 17.9 Å². The van der Waals surface area contributed by atoms with E-state index in [4.69, 9.17) is 4.74 Å². The van der Waals surface area contributed by atoms with Crippen LogP contribution in [0.4, 0.5) is 0 Å². The molecule has 0 aromatic carbocycles. The van der Waals surface area contributed by atoms with Gasteiger partial charge in [0.1, 0.15) is 0 Å². The number of hydrogen-bond donors (Lipinski definition) is 2. The van der Waals surface area contributed by atoms with Crippen molar-refractivity contribution in [2.45, 2.75) is 38.6 Å². The molecule has 2 N–H and O–H groups in total. The summed E-state index contributed by atoms with van der Waals surface area (Å²) in [5, 5.41) is 3.18. The maximum absolute atomic E-state index is 12.4. The molecule has 2 aliphatic heterocycles. The molecule has 0 radical (unpaired) electrons. The second-order valence-corrected chi connectivity index (χ2v) is 7.32. The largest absolute Gasteiger partial charge is 0.466 e. The molecule has 2 aliphatic rings. The Hall–Kier alpha value is -0.700. The third-order valence-corrected chi connectivity index (χ3v) is 5.60. The van der Waals surface area contributed by atoms with Crippen LogP contribution in [-0.2, 0) is 19.7 Å². The number of hydrogen-bond acceptors (Lipinski definition) is 5. The van der Waals surface area contributed by atoms with Crippen molar-refractivity contribution in [3.8, 4) is 0 Å². The fourth-order valence-corrected chi connectivity index (χ4v) is 4.37. The van der Waals surface area contributed by atoms with Crippen LogP contribution >= 0.6 is 0 Å². The standard InChI is InChI=1S/C13H25N3O4S/c1-2-20-13(17)11-5-4-8-16(10-11)21(18,19)15-12-6-3-7-14-9-12/h11-12,14-15H,2-10H2,1H3/t11?,12-/m0/s1. The summed E-state index contributed by atoms with van der Waals surface area (Å²) in [6, 6.07) is -0.0632. The Morgan fingerprint density at radius 1 is 1.38 bits per heavy atom. The van der Waals surface area contributed by atoms with Crippen LogP contribution in [0.1, 0.15) is 32.6 Å². The van der Waals surface area contributed by atoms with E-state index in [9.17, 15) is 13.2 Å². The monoisotopic (exact) mass is 319 g/mol. The maximum Gasteiger partial charge on any atom is 0.310 e. The predicted molar refractivity (Wildman–Crippen MR) is 78.9 cm³/mol. The van der Waals surface area contributed by atoms with E-state index in [2.05, 4.69) is 10.0 Å². The van der Waals surface area contributed by atoms with Crippen molar-refractivity contribution in [3.05, 3.63) is 0 Å². The quantitative estimate of drug-likeness (QED) is 0.688. The molecule has 2 heterocycles. The van der Waals surface area contributed by atoms with E-state index >= 15 is 0 Å². The molecule has 0 aromatic heterocycles. The van der Waals surface area contributed by atoms with Crippen LogP contribution in [0, 0.1) is 5.92 Å². The number of piperidine rings is 2. The summed E-state index contributed by atoms with van der Waals surface area (Å²) < 4.78 is 34.0. The van der Waals surface area contributed by atoms with E-state index in [0.29, 0.717) is 32.5 Å². The predicted octanol–water partition coefficient (Wildman–Crippen LogP) is -0.152. The molecule has 0 amide bonds. The average molecular weight is 319 g/mol. The first-order valence-corrected chi connectivity index (χ1v) is 9.11. The normalized spacial score (nSPS) is 28.2. The minimum Gasteiger partial charge on any atom is -0.466 e. The van der Waals surface area contributed by atoms with Gasteiger partial charge in [-0.3, -0.25) is 4.79 Å². The first-order valence-electron chi connectivity index (χ1n) is 7.67. The van der Waals surface area contributed by atoms with Gasteiger partial charge in [-0.15, -0.1) is 0 Å². The van der Waals surface area contributed by atoms with E-state index in [1.807, 2.05) is 0 Å². The van der Waals surface area contributed by atoms with Crippen molar-refractivity contribution in [3.63, 3.8) is 0 Å². The summed E-state index contributed by atoms with van der Waals surface area (Å²) in [4.78, 5) is 11.8. The van der Waals surface area contributed by atoms with Gasteiger partial charge >= 0.3 is 5.97 Å². The van der Waals surface area contributed by atoms with Crippen LogP contribution in [0.5, 0.6) is 0 Å². The van der Waals surface area contributed by atoms with Gasteiger partial charge in [0.05, 0.1) is 12.5 Å². The third-order valence-electron chi connectivity index (χ3n) is 3.96. The van der Waals surface area contributed by atoms with Crippen molar-refractivity contribution >= 4 is 16.2 Å². The first-order chi connectivity index (χ1) is 10.0. The van der Waals surface area contributed by atoms with Gasteiger partial charge in [-0.25, -0.2) is 0 Å². The summed E-state index contributed by atoms with van der Waals surface area (Å²) in [5.41, 5.74) is 0. The smallest absolute Gasteiger partial charge is 0.310 e. The molecule has 8 heteroatoms. The highest BCUT2D eigenvalue weighted by Crippen LogP contribution is 2.20. The highest BCUT2D eigenvalue weighted by molar-refractivity contribution is 7.87. The number of rotatable bonds is 5. The lowest BCUT2D eigenvalue weighted by atomic mass is 10.0.